The molecule has 1 amide bonds. The molecule has 1 aliphatic rings. The highest BCUT2D eigenvalue weighted by atomic mass is 16.5. The highest BCUT2D eigenvalue weighted by molar-refractivity contribution is 6.04. The van der Waals surface area contributed by atoms with Gasteiger partial charge in [0.15, 0.2) is 0 Å². The summed E-state index contributed by atoms with van der Waals surface area (Å²) in [6, 6.07) is 15.5. The summed E-state index contributed by atoms with van der Waals surface area (Å²) in [5, 5.41) is 6.14. The normalized spacial score (nSPS) is 14.5. The predicted octanol–water partition coefficient (Wildman–Crippen LogP) is 2.85. The number of carbonyl (C=O) groups excluding carboxylic acids is 1. The van der Waals surface area contributed by atoms with Crippen molar-refractivity contribution in [2.24, 2.45) is 5.10 Å². The van der Waals surface area contributed by atoms with Crippen LogP contribution in [0.1, 0.15) is 24.0 Å². The van der Waals surface area contributed by atoms with Gasteiger partial charge < -0.3 is 10.5 Å². The van der Waals surface area contributed by atoms with Crippen LogP contribution in [-0.2, 0) is 11.2 Å². The predicted molar refractivity (Wildman–Crippen MR) is 95.0 cm³/mol. The fraction of sp³-hybridized carbons (Fsp3) is 0.263. The molecule has 0 radical (unpaired) electrons. The van der Waals surface area contributed by atoms with Crippen molar-refractivity contribution in [2.45, 2.75) is 19.3 Å². The third kappa shape index (κ3) is 3.74. The molecule has 5 heteroatoms. The molecule has 0 bridgehead atoms. The van der Waals surface area contributed by atoms with Crippen molar-refractivity contribution in [3.63, 3.8) is 0 Å². The summed E-state index contributed by atoms with van der Waals surface area (Å²) in [7, 11) is 1.64. The molecule has 24 heavy (non-hydrogen) atoms. The molecule has 0 saturated heterocycles. The van der Waals surface area contributed by atoms with Gasteiger partial charge in [-0.05, 0) is 36.2 Å². The van der Waals surface area contributed by atoms with E-state index in [1.165, 1.54) is 0 Å². The molecular weight excluding hydrogens is 302 g/mol. The number of rotatable bonds is 5. The van der Waals surface area contributed by atoms with Gasteiger partial charge in [0.1, 0.15) is 5.75 Å². The minimum Gasteiger partial charge on any atom is -0.497 e. The van der Waals surface area contributed by atoms with Crippen LogP contribution in [0.25, 0.3) is 0 Å². The number of nitrogen functional groups attached to an aromatic ring is 1. The van der Waals surface area contributed by atoms with Crippen LogP contribution in [0.2, 0.25) is 0 Å². The van der Waals surface area contributed by atoms with Crippen molar-refractivity contribution in [2.75, 3.05) is 19.4 Å². The van der Waals surface area contributed by atoms with Crippen LogP contribution in [0.15, 0.2) is 53.6 Å². The van der Waals surface area contributed by atoms with E-state index in [1.54, 1.807) is 12.1 Å². The average Bonchev–Trinajstić information content (AvgIpc) is 2.62. The number of hydrogen-bond acceptors (Lipinski definition) is 4. The third-order valence-electron chi connectivity index (χ3n) is 4.10. The Balaban J connectivity index is 1.74. The molecule has 2 N–H and O–H groups in total. The van der Waals surface area contributed by atoms with Crippen molar-refractivity contribution in [3.8, 4) is 5.75 Å². The molecule has 0 saturated carbocycles. The summed E-state index contributed by atoms with van der Waals surface area (Å²) in [6.07, 6.45) is 1.89. The maximum absolute atomic E-state index is 12.1. The SMILES string of the molecule is COc1cccc(C2=NN(CCc3ccc(N)cc3)C(=O)CC2)c1. The van der Waals surface area contributed by atoms with E-state index >= 15 is 0 Å². The van der Waals surface area contributed by atoms with Crippen LogP contribution >= 0.6 is 0 Å². The van der Waals surface area contributed by atoms with Gasteiger partial charge in [-0.3, -0.25) is 4.79 Å². The summed E-state index contributed by atoms with van der Waals surface area (Å²) >= 11 is 0. The number of ether oxygens (including phenoxy) is 1. The van der Waals surface area contributed by atoms with Gasteiger partial charge >= 0.3 is 0 Å². The standard InChI is InChI=1S/C19H21N3O2/c1-24-17-4-2-3-15(13-17)18-9-10-19(23)22(21-18)12-11-14-5-7-16(20)8-6-14/h2-8,13H,9-12,20H2,1H3. The first-order chi connectivity index (χ1) is 11.7. The third-order valence-corrected chi connectivity index (χ3v) is 4.10. The number of hydrazone groups is 1. The monoisotopic (exact) mass is 323 g/mol. The lowest BCUT2D eigenvalue weighted by molar-refractivity contribution is -0.131. The lowest BCUT2D eigenvalue weighted by Gasteiger charge is -2.24. The molecule has 0 aromatic heterocycles. The van der Waals surface area contributed by atoms with E-state index in [1.807, 2.05) is 48.5 Å². The molecule has 2 aromatic rings. The van der Waals surface area contributed by atoms with Crippen LogP contribution in [-0.4, -0.2) is 30.3 Å². The van der Waals surface area contributed by atoms with Gasteiger partial charge in [-0.1, -0.05) is 24.3 Å². The van der Waals surface area contributed by atoms with E-state index in [0.717, 1.165) is 34.7 Å². The molecule has 3 rings (SSSR count). The zero-order valence-electron chi connectivity index (χ0n) is 13.7. The van der Waals surface area contributed by atoms with E-state index in [9.17, 15) is 4.79 Å². The molecule has 0 fully saturated rings. The quantitative estimate of drug-likeness (QED) is 0.860. The molecule has 0 atom stereocenters. The number of nitrogens with two attached hydrogens (primary N) is 1. The summed E-state index contributed by atoms with van der Waals surface area (Å²) in [5.74, 6) is 0.859. The lowest BCUT2D eigenvalue weighted by atomic mass is 10.0. The van der Waals surface area contributed by atoms with Crippen LogP contribution in [0.5, 0.6) is 5.75 Å². The highest BCUT2D eigenvalue weighted by Gasteiger charge is 2.21. The largest absolute Gasteiger partial charge is 0.497 e. The van der Waals surface area contributed by atoms with Crippen LogP contribution < -0.4 is 10.5 Å². The molecule has 2 aromatic carbocycles. The van der Waals surface area contributed by atoms with Crippen LogP contribution in [0.4, 0.5) is 5.69 Å². The molecule has 124 valence electrons. The van der Waals surface area contributed by atoms with Gasteiger partial charge in [0, 0.05) is 30.6 Å². The Hall–Kier alpha value is -2.82. The Bertz CT molecular complexity index is 753. The molecule has 0 unspecified atom stereocenters. The number of carbonyl (C=O) groups is 1. The van der Waals surface area contributed by atoms with Gasteiger partial charge in [-0.25, -0.2) is 5.01 Å². The summed E-state index contributed by atoms with van der Waals surface area (Å²) in [4.78, 5) is 12.1. The maximum atomic E-state index is 12.1. The second-order valence-corrected chi connectivity index (χ2v) is 5.79. The summed E-state index contributed by atoms with van der Waals surface area (Å²) in [6.45, 7) is 0.566. The topological polar surface area (TPSA) is 67.9 Å². The zero-order chi connectivity index (χ0) is 16.9. The first-order valence-corrected chi connectivity index (χ1v) is 8.02. The second kappa shape index (κ2) is 7.17. The second-order valence-electron chi connectivity index (χ2n) is 5.79. The number of methoxy groups -OCH3 is 1. The van der Waals surface area contributed by atoms with E-state index < -0.39 is 0 Å². The van der Waals surface area contributed by atoms with Crippen molar-refractivity contribution >= 4 is 17.3 Å². The minimum atomic E-state index is 0.0668. The van der Waals surface area contributed by atoms with Crippen molar-refractivity contribution < 1.29 is 9.53 Å². The van der Waals surface area contributed by atoms with Gasteiger partial charge in [-0.2, -0.15) is 5.10 Å². The Kier molecular flexibility index (Phi) is 4.79. The Morgan fingerprint density at radius 3 is 2.71 bits per heavy atom. The molecule has 0 aliphatic carbocycles. The summed E-state index contributed by atoms with van der Waals surface area (Å²) < 4.78 is 5.26. The molecule has 0 spiro atoms. The smallest absolute Gasteiger partial charge is 0.243 e. The first kappa shape index (κ1) is 16.1. The van der Waals surface area contributed by atoms with E-state index in [-0.39, 0.29) is 5.91 Å². The fourth-order valence-corrected chi connectivity index (χ4v) is 2.70. The van der Waals surface area contributed by atoms with E-state index in [0.29, 0.717) is 19.4 Å². The maximum Gasteiger partial charge on any atom is 0.243 e. The lowest BCUT2D eigenvalue weighted by Crippen LogP contribution is -2.33. The van der Waals surface area contributed by atoms with Crippen molar-refractivity contribution in [1.82, 2.24) is 5.01 Å². The first-order valence-electron chi connectivity index (χ1n) is 8.02. The van der Waals surface area contributed by atoms with Gasteiger partial charge in [0.25, 0.3) is 0 Å². The highest BCUT2D eigenvalue weighted by Crippen LogP contribution is 2.19. The van der Waals surface area contributed by atoms with Crippen LogP contribution in [0.3, 0.4) is 0 Å². The fourth-order valence-electron chi connectivity index (χ4n) is 2.70. The van der Waals surface area contributed by atoms with Crippen molar-refractivity contribution in [3.05, 3.63) is 59.7 Å². The minimum absolute atomic E-state index is 0.0668. The van der Waals surface area contributed by atoms with E-state index in [2.05, 4.69) is 5.10 Å². The molecule has 1 heterocycles. The zero-order valence-corrected chi connectivity index (χ0v) is 13.7. The average molecular weight is 323 g/mol. The number of hydrogen-bond donors (Lipinski definition) is 1. The van der Waals surface area contributed by atoms with Crippen molar-refractivity contribution in [1.29, 1.82) is 0 Å². The van der Waals surface area contributed by atoms with E-state index in [4.69, 9.17) is 10.5 Å². The Morgan fingerprint density at radius 2 is 1.96 bits per heavy atom. The van der Waals surface area contributed by atoms with Crippen LogP contribution in [0, 0.1) is 0 Å². The number of anilines is 1. The number of amides is 1. The molecule has 5 nitrogen and oxygen atoms in total. The molecule has 1 aliphatic heterocycles. The summed E-state index contributed by atoms with van der Waals surface area (Å²) in [5.41, 5.74) is 9.50. The Labute approximate surface area is 141 Å². The number of benzene rings is 2. The van der Waals surface area contributed by atoms with Gasteiger partial charge in [0.2, 0.25) is 5.91 Å². The molecular formula is C19H21N3O2. The van der Waals surface area contributed by atoms with Gasteiger partial charge in [0.05, 0.1) is 12.8 Å². The Morgan fingerprint density at radius 1 is 1.17 bits per heavy atom. The van der Waals surface area contributed by atoms with Gasteiger partial charge in [-0.15, -0.1) is 0 Å². The number of nitrogens with zero attached hydrogens (tertiary/aromatic N) is 2.